The van der Waals surface area contributed by atoms with Crippen LogP contribution in [0.2, 0.25) is 0 Å². The largest absolute Gasteiger partial charge is 0.355 e. The zero-order valence-electron chi connectivity index (χ0n) is 17.7. The van der Waals surface area contributed by atoms with Crippen LogP contribution in [0, 0.1) is 12.7 Å². The van der Waals surface area contributed by atoms with Crippen LogP contribution in [0.5, 0.6) is 0 Å². The Morgan fingerprint density at radius 1 is 1.00 bits per heavy atom. The van der Waals surface area contributed by atoms with Gasteiger partial charge in [-0.05, 0) is 43.2 Å². The Kier molecular flexibility index (Phi) is 6.57. The Morgan fingerprint density at radius 3 is 2.58 bits per heavy atom. The van der Waals surface area contributed by atoms with Crippen molar-refractivity contribution in [1.82, 2.24) is 9.88 Å². The highest BCUT2D eigenvalue weighted by molar-refractivity contribution is 6.05. The van der Waals surface area contributed by atoms with Gasteiger partial charge in [0.15, 0.2) is 0 Å². The van der Waals surface area contributed by atoms with Crippen LogP contribution in [0.1, 0.15) is 27.9 Å². The number of carbonyl (C=O) groups excluding carboxylic acids is 1. The third-order valence-electron chi connectivity index (χ3n) is 5.66. The van der Waals surface area contributed by atoms with Crippen LogP contribution in [0.25, 0.3) is 0 Å². The number of nitrogens with one attached hydrogen (secondary N) is 1. The first-order chi connectivity index (χ1) is 15.1. The molecule has 1 N–H and O–H groups in total. The molecule has 0 saturated carbocycles. The molecular formula is C25H27FN4O. The standard InChI is InChI=1S/C25H27FN4O/c1-19-7-2-4-9-22(19)25(31)28-21-11-12-24(27-17-21)30-14-6-13-29(15-16-30)18-20-8-3-5-10-23(20)26/h2-5,7-12,17H,6,13-16,18H2,1H3,(H,28,31). The van der Waals surface area contributed by atoms with Gasteiger partial charge in [-0.15, -0.1) is 0 Å². The van der Waals surface area contributed by atoms with Crippen LogP contribution < -0.4 is 10.2 Å². The Balaban J connectivity index is 1.35. The summed E-state index contributed by atoms with van der Waals surface area (Å²) in [6.07, 6.45) is 2.69. The molecule has 0 atom stereocenters. The van der Waals surface area contributed by atoms with Crippen molar-refractivity contribution in [2.75, 3.05) is 36.4 Å². The third-order valence-corrected chi connectivity index (χ3v) is 5.66. The lowest BCUT2D eigenvalue weighted by atomic mass is 10.1. The second-order valence-electron chi connectivity index (χ2n) is 7.88. The van der Waals surface area contributed by atoms with Gasteiger partial charge in [-0.25, -0.2) is 9.37 Å². The lowest BCUT2D eigenvalue weighted by molar-refractivity contribution is 0.102. The van der Waals surface area contributed by atoms with Gasteiger partial charge in [-0.1, -0.05) is 36.4 Å². The molecular weight excluding hydrogens is 391 g/mol. The number of aromatic nitrogens is 1. The van der Waals surface area contributed by atoms with E-state index in [4.69, 9.17) is 0 Å². The molecule has 2 heterocycles. The molecule has 5 nitrogen and oxygen atoms in total. The van der Waals surface area contributed by atoms with Crippen molar-refractivity contribution in [1.29, 1.82) is 0 Å². The summed E-state index contributed by atoms with van der Waals surface area (Å²) in [5.41, 5.74) is 3.01. The van der Waals surface area contributed by atoms with E-state index in [0.717, 1.165) is 49.5 Å². The minimum atomic E-state index is -0.145. The van der Waals surface area contributed by atoms with Crippen LogP contribution in [0.15, 0.2) is 66.9 Å². The number of hydrogen-bond donors (Lipinski definition) is 1. The predicted molar refractivity (Wildman–Crippen MR) is 122 cm³/mol. The molecule has 1 amide bonds. The van der Waals surface area contributed by atoms with Gasteiger partial charge in [0.05, 0.1) is 11.9 Å². The van der Waals surface area contributed by atoms with E-state index in [2.05, 4.69) is 20.1 Å². The molecule has 0 aliphatic carbocycles. The molecule has 4 rings (SSSR count). The molecule has 1 aliphatic heterocycles. The van der Waals surface area contributed by atoms with E-state index < -0.39 is 0 Å². The summed E-state index contributed by atoms with van der Waals surface area (Å²) in [6.45, 7) is 6.05. The van der Waals surface area contributed by atoms with Crippen molar-refractivity contribution in [2.24, 2.45) is 0 Å². The lowest BCUT2D eigenvalue weighted by Crippen LogP contribution is -2.31. The quantitative estimate of drug-likeness (QED) is 0.663. The summed E-state index contributed by atoms with van der Waals surface area (Å²) < 4.78 is 14.0. The maximum Gasteiger partial charge on any atom is 0.255 e. The second-order valence-corrected chi connectivity index (χ2v) is 7.88. The van der Waals surface area contributed by atoms with Crippen LogP contribution >= 0.6 is 0 Å². The molecule has 31 heavy (non-hydrogen) atoms. The van der Waals surface area contributed by atoms with E-state index in [9.17, 15) is 9.18 Å². The van der Waals surface area contributed by atoms with Crippen LogP contribution in [-0.2, 0) is 6.54 Å². The second kappa shape index (κ2) is 9.71. The van der Waals surface area contributed by atoms with E-state index in [1.165, 1.54) is 6.07 Å². The normalized spacial score (nSPS) is 14.8. The van der Waals surface area contributed by atoms with E-state index in [0.29, 0.717) is 17.8 Å². The average molecular weight is 419 g/mol. The van der Waals surface area contributed by atoms with Crippen molar-refractivity contribution >= 4 is 17.4 Å². The van der Waals surface area contributed by atoms with Gasteiger partial charge in [0.25, 0.3) is 5.91 Å². The molecule has 0 bridgehead atoms. The van der Waals surface area contributed by atoms with Crippen molar-refractivity contribution in [2.45, 2.75) is 19.9 Å². The van der Waals surface area contributed by atoms with Crippen LogP contribution in [0.3, 0.4) is 0 Å². The van der Waals surface area contributed by atoms with Crippen molar-refractivity contribution in [3.63, 3.8) is 0 Å². The van der Waals surface area contributed by atoms with Gasteiger partial charge < -0.3 is 10.2 Å². The number of rotatable bonds is 5. The van der Waals surface area contributed by atoms with Gasteiger partial charge in [-0.3, -0.25) is 9.69 Å². The summed E-state index contributed by atoms with van der Waals surface area (Å²) in [7, 11) is 0. The molecule has 2 aromatic carbocycles. The number of aryl methyl sites for hydroxylation is 1. The van der Waals surface area contributed by atoms with Gasteiger partial charge in [-0.2, -0.15) is 0 Å². The Bertz CT molecular complexity index is 1040. The first kappa shape index (κ1) is 21.0. The maximum absolute atomic E-state index is 14.0. The molecule has 1 aromatic heterocycles. The topological polar surface area (TPSA) is 48.5 Å². The molecule has 0 radical (unpaired) electrons. The zero-order chi connectivity index (χ0) is 21.6. The summed E-state index contributed by atoms with van der Waals surface area (Å²) in [6, 6.07) is 18.3. The smallest absolute Gasteiger partial charge is 0.255 e. The molecule has 0 unspecified atom stereocenters. The molecule has 0 spiro atoms. The van der Waals surface area contributed by atoms with Crippen molar-refractivity contribution in [3.05, 3.63) is 89.4 Å². The molecule has 1 saturated heterocycles. The Hall–Kier alpha value is -3.25. The number of amides is 1. The molecule has 6 heteroatoms. The number of benzene rings is 2. The van der Waals surface area contributed by atoms with E-state index in [1.54, 1.807) is 12.3 Å². The zero-order valence-corrected chi connectivity index (χ0v) is 17.7. The maximum atomic E-state index is 14.0. The van der Waals surface area contributed by atoms with E-state index >= 15 is 0 Å². The number of halogens is 1. The van der Waals surface area contributed by atoms with Gasteiger partial charge in [0.1, 0.15) is 11.6 Å². The minimum absolute atomic E-state index is 0.133. The van der Waals surface area contributed by atoms with Crippen LogP contribution in [0.4, 0.5) is 15.9 Å². The average Bonchev–Trinajstić information content (AvgIpc) is 3.02. The Morgan fingerprint density at radius 2 is 1.81 bits per heavy atom. The first-order valence-corrected chi connectivity index (χ1v) is 10.6. The van der Waals surface area contributed by atoms with Gasteiger partial charge in [0, 0.05) is 43.9 Å². The number of anilines is 2. The number of hydrogen-bond acceptors (Lipinski definition) is 4. The number of carbonyl (C=O) groups is 1. The van der Waals surface area contributed by atoms with Gasteiger partial charge in [0.2, 0.25) is 0 Å². The van der Waals surface area contributed by atoms with E-state index in [1.807, 2.05) is 55.5 Å². The fourth-order valence-electron chi connectivity index (χ4n) is 3.90. The fraction of sp³-hybridized carbons (Fsp3) is 0.280. The third kappa shape index (κ3) is 5.27. The highest BCUT2D eigenvalue weighted by Crippen LogP contribution is 2.19. The highest BCUT2D eigenvalue weighted by atomic mass is 19.1. The fourth-order valence-corrected chi connectivity index (χ4v) is 3.90. The first-order valence-electron chi connectivity index (χ1n) is 10.6. The van der Waals surface area contributed by atoms with Crippen molar-refractivity contribution in [3.8, 4) is 0 Å². The summed E-state index contributed by atoms with van der Waals surface area (Å²) in [4.78, 5) is 21.6. The van der Waals surface area contributed by atoms with Crippen LogP contribution in [-0.4, -0.2) is 42.0 Å². The monoisotopic (exact) mass is 418 g/mol. The molecule has 3 aromatic rings. The summed E-state index contributed by atoms with van der Waals surface area (Å²) >= 11 is 0. The lowest BCUT2D eigenvalue weighted by Gasteiger charge is -2.23. The highest BCUT2D eigenvalue weighted by Gasteiger charge is 2.17. The summed E-state index contributed by atoms with van der Waals surface area (Å²) in [5.74, 6) is 0.612. The minimum Gasteiger partial charge on any atom is -0.355 e. The molecule has 1 aliphatic rings. The molecule has 1 fully saturated rings. The summed E-state index contributed by atoms with van der Waals surface area (Å²) in [5, 5.41) is 2.92. The number of pyridine rings is 1. The number of nitrogens with zero attached hydrogens (tertiary/aromatic N) is 3. The molecule has 160 valence electrons. The van der Waals surface area contributed by atoms with Gasteiger partial charge >= 0.3 is 0 Å². The van der Waals surface area contributed by atoms with Crippen molar-refractivity contribution < 1.29 is 9.18 Å². The predicted octanol–water partition coefficient (Wildman–Crippen LogP) is 4.49. The Labute approximate surface area is 182 Å². The van der Waals surface area contributed by atoms with E-state index in [-0.39, 0.29) is 11.7 Å². The SMILES string of the molecule is Cc1ccccc1C(=O)Nc1ccc(N2CCCN(Cc3ccccc3F)CC2)nc1.